The van der Waals surface area contributed by atoms with Crippen LogP contribution in [0.25, 0.3) is 0 Å². The second kappa shape index (κ2) is 5.41. The Balaban J connectivity index is 3.03. The summed E-state index contributed by atoms with van der Waals surface area (Å²) in [6, 6.07) is 5.51. The van der Waals surface area contributed by atoms with Crippen LogP contribution in [0, 0.1) is 12.3 Å². The number of hydrogen-bond donors (Lipinski definition) is 1. The van der Waals surface area contributed by atoms with E-state index in [4.69, 9.17) is 18.0 Å². The zero-order valence-electron chi connectivity index (χ0n) is 7.85. The maximum Gasteiger partial charge on any atom is 0.0954 e. The van der Waals surface area contributed by atoms with Crippen molar-refractivity contribution < 1.29 is 0 Å². The van der Waals surface area contributed by atoms with Gasteiger partial charge < -0.3 is 5.32 Å². The van der Waals surface area contributed by atoms with Crippen LogP contribution in [-0.4, -0.2) is 6.54 Å². The summed E-state index contributed by atoms with van der Waals surface area (Å²) < 4.78 is 0.978. The van der Waals surface area contributed by atoms with Crippen LogP contribution >= 0.6 is 27.5 Å². The van der Waals surface area contributed by atoms with E-state index >= 15 is 0 Å². The van der Waals surface area contributed by atoms with E-state index < -0.39 is 0 Å². The molecule has 74 valence electrons. The summed E-state index contributed by atoms with van der Waals surface area (Å²) in [7, 11) is 0. The number of hydrogen-bond acceptors (Lipinski definition) is 1. The Morgan fingerprint density at radius 1 is 1.64 bits per heavy atom. The molecule has 0 aliphatic heterocycles. The quantitative estimate of drug-likeness (QED) is 0.832. The number of rotatable bonds is 3. The van der Waals surface area contributed by atoms with Crippen molar-refractivity contribution in [2.24, 2.45) is 0 Å². The molecule has 0 aliphatic rings. The Hall–Kier alpha value is -0.490. The Bertz CT molecular complexity index is 357. The summed E-state index contributed by atoms with van der Waals surface area (Å²) >= 11 is 9.35. The number of nitrogens with one attached hydrogen (secondary N) is 1. The standard InChI is InChI=1S/C11H11BrClN/c1-3-11(14-4-2)9-7-8(13)5-6-10(9)12/h1,5-7,11,14H,4H2,2H3. The molecule has 0 saturated heterocycles. The Morgan fingerprint density at radius 3 is 2.93 bits per heavy atom. The van der Waals surface area contributed by atoms with Gasteiger partial charge >= 0.3 is 0 Å². The van der Waals surface area contributed by atoms with Gasteiger partial charge in [-0.1, -0.05) is 40.4 Å². The van der Waals surface area contributed by atoms with Crippen molar-refractivity contribution in [1.29, 1.82) is 0 Å². The van der Waals surface area contributed by atoms with Crippen LogP contribution in [0.3, 0.4) is 0 Å². The van der Waals surface area contributed by atoms with E-state index in [2.05, 4.69) is 27.2 Å². The monoisotopic (exact) mass is 271 g/mol. The summed E-state index contributed by atoms with van der Waals surface area (Å²) in [5, 5.41) is 3.89. The molecule has 1 nitrogen and oxygen atoms in total. The number of benzene rings is 1. The zero-order valence-corrected chi connectivity index (χ0v) is 10.2. The molecule has 1 rings (SSSR count). The molecule has 14 heavy (non-hydrogen) atoms. The maximum absolute atomic E-state index is 5.90. The van der Waals surface area contributed by atoms with Gasteiger partial charge in [0.25, 0.3) is 0 Å². The predicted molar refractivity (Wildman–Crippen MR) is 64.4 cm³/mol. The van der Waals surface area contributed by atoms with Gasteiger partial charge in [-0.15, -0.1) is 6.42 Å². The third kappa shape index (κ3) is 2.75. The van der Waals surface area contributed by atoms with Crippen LogP contribution in [-0.2, 0) is 0 Å². The van der Waals surface area contributed by atoms with Gasteiger partial charge in [0.1, 0.15) is 0 Å². The molecule has 1 unspecified atom stereocenters. The van der Waals surface area contributed by atoms with E-state index in [1.54, 1.807) is 0 Å². The molecular formula is C11H11BrClN. The van der Waals surface area contributed by atoms with Gasteiger partial charge in [0.15, 0.2) is 0 Å². The van der Waals surface area contributed by atoms with Gasteiger partial charge in [-0.05, 0) is 30.3 Å². The van der Waals surface area contributed by atoms with E-state index in [0.717, 1.165) is 16.6 Å². The predicted octanol–water partition coefficient (Wildman–Crippen LogP) is 3.39. The number of terminal acetylenes is 1. The highest BCUT2D eigenvalue weighted by Crippen LogP contribution is 2.26. The molecule has 1 N–H and O–H groups in total. The van der Waals surface area contributed by atoms with Crippen molar-refractivity contribution in [3.63, 3.8) is 0 Å². The molecule has 1 atom stereocenters. The third-order valence-corrected chi connectivity index (χ3v) is 2.80. The first-order valence-corrected chi connectivity index (χ1v) is 5.50. The van der Waals surface area contributed by atoms with Gasteiger partial charge in [0.05, 0.1) is 6.04 Å². The average Bonchev–Trinajstić information content (AvgIpc) is 2.18. The minimum absolute atomic E-state index is 0.0897. The van der Waals surface area contributed by atoms with Crippen molar-refractivity contribution in [2.45, 2.75) is 13.0 Å². The van der Waals surface area contributed by atoms with E-state index in [1.165, 1.54) is 0 Å². The fourth-order valence-electron chi connectivity index (χ4n) is 1.20. The molecule has 0 bridgehead atoms. The molecule has 0 radical (unpaired) electrons. The minimum atomic E-state index is -0.0897. The highest BCUT2D eigenvalue weighted by atomic mass is 79.9. The van der Waals surface area contributed by atoms with E-state index in [0.29, 0.717) is 5.02 Å². The molecule has 0 fully saturated rings. The molecule has 0 heterocycles. The highest BCUT2D eigenvalue weighted by Gasteiger charge is 2.10. The molecule has 0 amide bonds. The molecule has 3 heteroatoms. The maximum atomic E-state index is 5.90. The van der Waals surface area contributed by atoms with Gasteiger partial charge in [0.2, 0.25) is 0 Å². The zero-order chi connectivity index (χ0) is 10.6. The summed E-state index contributed by atoms with van der Waals surface area (Å²) in [4.78, 5) is 0. The molecule has 0 spiro atoms. The minimum Gasteiger partial charge on any atom is -0.300 e. The molecule has 0 saturated carbocycles. The van der Waals surface area contributed by atoms with Crippen LogP contribution in [0.1, 0.15) is 18.5 Å². The first kappa shape index (κ1) is 11.6. The van der Waals surface area contributed by atoms with Crippen LogP contribution in [0.4, 0.5) is 0 Å². The first-order chi connectivity index (χ1) is 6.69. The lowest BCUT2D eigenvalue weighted by Gasteiger charge is -2.13. The van der Waals surface area contributed by atoms with Gasteiger partial charge in [0, 0.05) is 9.50 Å². The van der Waals surface area contributed by atoms with E-state index in [1.807, 2.05) is 25.1 Å². The van der Waals surface area contributed by atoms with E-state index in [9.17, 15) is 0 Å². The second-order valence-corrected chi connectivity index (χ2v) is 4.11. The lowest BCUT2D eigenvalue weighted by molar-refractivity contribution is 0.663. The second-order valence-electron chi connectivity index (χ2n) is 2.82. The van der Waals surface area contributed by atoms with Crippen molar-refractivity contribution in [3.05, 3.63) is 33.3 Å². The Morgan fingerprint density at radius 2 is 2.36 bits per heavy atom. The molecule has 0 aromatic heterocycles. The summed E-state index contributed by atoms with van der Waals surface area (Å²) in [6.45, 7) is 2.84. The first-order valence-electron chi connectivity index (χ1n) is 4.33. The lowest BCUT2D eigenvalue weighted by Crippen LogP contribution is -2.19. The smallest absolute Gasteiger partial charge is 0.0954 e. The van der Waals surface area contributed by atoms with Crippen molar-refractivity contribution in [3.8, 4) is 12.3 Å². The average molecular weight is 273 g/mol. The molecule has 0 aliphatic carbocycles. The van der Waals surface area contributed by atoms with Crippen LogP contribution < -0.4 is 5.32 Å². The van der Waals surface area contributed by atoms with Gasteiger partial charge in [-0.25, -0.2) is 0 Å². The van der Waals surface area contributed by atoms with Crippen LogP contribution in [0.5, 0.6) is 0 Å². The van der Waals surface area contributed by atoms with Crippen molar-refractivity contribution >= 4 is 27.5 Å². The van der Waals surface area contributed by atoms with Gasteiger partial charge in [-0.3, -0.25) is 0 Å². The van der Waals surface area contributed by atoms with Crippen molar-refractivity contribution in [2.75, 3.05) is 6.54 Å². The third-order valence-electron chi connectivity index (χ3n) is 1.84. The summed E-state index contributed by atoms with van der Waals surface area (Å²) in [5.74, 6) is 2.69. The largest absolute Gasteiger partial charge is 0.300 e. The van der Waals surface area contributed by atoms with E-state index in [-0.39, 0.29) is 6.04 Å². The Labute approximate surface area is 98.0 Å². The fraction of sp³-hybridized carbons (Fsp3) is 0.273. The number of halogens is 2. The van der Waals surface area contributed by atoms with Crippen LogP contribution in [0.15, 0.2) is 22.7 Å². The lowest BCUT2D eigenvalue weighted by atomic mass is 10.1. The normalized spacial score (nSPS) is 12.1. The fourth-order valence-corrected chi connectivity index (χ4v) is 1.85. The van der Waals surface area contributed by atoms with Crippen molar-refractivity contribution in [1.82, 2.24) is 5.32 Å². The van der Waals surface area contributed by atoms with Crippen LogP contribution in [0.2, 0.25) is 5.02 Å². The summed E-state index contributed by atoms with van der Waals surface area (Å²) in [6.07, 6.45) is 5.43. The highest BCUT2D eigenvalue weighted by molar-refractivity contribution is 9.10. The topological polar surface area (TPSA) is 12.0 Å². The SMILES string of the molecule is C#CC(NCC)c1cc(Cl)ccc1Br. The molecular weight excluding hydrogens is 261 g/mol. The summed E-state index contributed by atoms with van der Waals surface area (Å²) in [5.41, 5.74) is 1.00. The molecule has 1 aromatic carbocycles. The van der Waals surface area contributed by atoms with Gasteiger partial charge in [-0.2, -0.15) is 0 Å². The Kier molecular flexibility index (Phi) is 4.47. The molecule has 1 aromatic rings.